The fourth-order valence-corrected chi connectivity index (χ4v) is 3.95. The van der Waals surface area contributed by atoms with E-state index in [9.17, 15) is 14.3 Å². The highest BCUT2D eigenvalue weighted by Crippen LogP contribution is 2.31. The first-order valence-electron chi connectivity index (χ1n) is 10.1. The molecular formula is C25H22ClFN2O3. The lowest BCUT2D eigenvalue weighted by Gasteiger charge is -2.10. The van der Waals surface area contributed by atoms with E-state index in [4.69, 9.17) is 16.3 Å². The zero-order valence-corrected chi connectivity index (χ0v) is 18.2. The van der Waals surface area contributed by atoms with Crippen LogP contribution in [0.4, 0.5) is 4.39 Å². The van der Waals surface area contributed by atoms with Crippen molar-refractivity contribution in [2.75, 3.05) is 7.11 Å². The molecule has 7 heteroatoms. The average Bonchev–Trinajstić information content (AvgIpc) is 3.09. The number of hydrogen-bond donors (Lipinski definition) is 2. The second-order valence-corrected chi connectivity index (χ2v) is 7.89. The van der Waals surface area contributed by atoms with E-state index in [1.807, 2.05) is 42.5 Å². The third-order valence-electron chi connectivity index (χ3n) is 5.38. The van der Waals surface area contributed by atoms with E-state index in [1.165, 1.54) is 12.1 Å². The van der Waals surface area contributed by atoms with E-state index in [0.29, 0.717) is 36.0 Å². The van der Waals surface area contributed by atoms with E-state index in [-0.39, 0.29) is 11.5 Å². The monoisotopic (exact) mass is 452 g/mol. The van der Waals surface area contributed by atoms with Crippen molar-refractivity contribution < 1.29 is 19.0 Å². The number of rotatable bonds is 8. The summed E-state index contributed by atoms with van der Waals surface area (Å²) in [5.41, 5.74) is 3.47. The van der Waals surface area contributed by atoms with Gasteiger partial charge in [-0.25, -0.2) is 9.18 Å². The number of methoxy groups -OCH3 is 1. The fourth-order valence-electron chi connectivity index (χ4n) is 3.82. The number of ether oxygens (including phenoxy) is 1. The molecule has 0 saturated carbocycles. The van der Waals surface area contributed by atoms with Crippen molar-refractivity contribution in [3.05, 3.63) is 100.0 Å². The summed E-state index contributed by atoms with van der Waals surface area (Å²) in [6.07, 6.45) is 0. The molecule has 0 saturated heterocycles. The first-order chi connectivity index (χ1) is 15.5. The maximum atomic E-state index is 13.4. The average molecular weight is 453 g/mol. The summed E-state index contributed by atoms with van der Waals surface area (Å²) in [6, 6.07) is 19.1. The summed E-state index contributed by atoms with van der Waals surface area (Å²) < 4.78 is 20.5. The van der Waals surface area contributed by atoms with Gasteiger partial charge in [-0.05, 0) is 47.5 Å². The molecule has 0 atom stereocenters. The Bertz CT molecular complexity index is 1250. The van der Waals surface area contributed by atoms with E-state index < -0.39 is 5.97 Å². The van der Waals surface area contributed by atoms with E-state index >= 15 is 0 Å². The van der Waals surface area contributed by atoms with E-state index in [2.05, 4.69) is 5.32 Å². The number of nitrogens with zero attached hydrogens (tertiary/aromatic N) is 1. The summed E-state index contributed by atoms with van der Waals surface area (Å²) in [5, 5.41) is 14.9. The number of benzene rings is 3. The van der Waals surface area contributed by atoms with Crippen LogP contribution in [0.3, 0.4) is 0 Å². The summed E-state index contributed by atoms with van der Waals surface area (Å²) in [7, 11) is 1.57. The summed E-state index contributed by atoms with van der Waals surface area (Å²) >= 11 is 5.95. The molecule has 4 aromatic rings. The third-order valence-corrected chi connectivity index (χ3v) is 5.63. The number of nitrogens with one attached hydrogen (secondary N) is 1. The van der Waals surface area contributed by atoms with Crippen molar-refractivity contribution in [3.8, 4) is 5.75 Å². The van der Waals surface area contributed by atoms with Crippen LogP contribution in [0, 0.1) is 5.82 Å². The molecule has 0 amide bonds. The molecule has 1 aromatic heterocycles. The Morgan fingerprint density at radius 3 is 2.38 bits per heavy atom. The molecule has 0 spiro atoms. The van der Waals surface area contributed by atoms with Gasteiger partial charge in [-0.2, -0.15) is 0 Å². The zero-order chi connectivity index (χ0) is 22.7. The van der Waals surface area contributed by atoms with Crippen LogP contribution in [0.25, 0.3) is 10.9 Å². The van der Waals surface area contributed by atoms with Crippen molar-refractivity contribution in [1.82, 2.24) is 9.88 Å². The first-order valence-corrected chi connectivity index (χ1v) is 10.5. The Hall–Kier alpha value is -3.35. The van der Waals surface area contributed by atoms with Gasteiger partial charge in [0.2, 0.25) is 0 Å². The standard InChI is InChI=1S/C25H22ClFN2O3/c1-32-20-10-11-21-22(14-28-13-16-2-6-18(26)7-3-16)24(25(30)31)29(23(21)12-20)15-17-4-8-19(27)9-5-17/h2-12,28H,13-15H2,1H3,(H,30,31). The van der Waals surface area contributed by atoms with Gasteiger partial charge < -0.3 is 19.7 Å². The van der Waals surface area contributed by atoms with Crippen LogP contribution in [0.1, 0.15) is 27.2 Å². The molecule has 32 heavy (non-hydrogen) atoms. The quantitative estimate of drug-likeness (QED) is 0.371. The lowest BCUT2D eigenvalue weighted by molar-refractivity contribution is 0.0684. The summed E-state index contributed by atoms with van der Waals surface area (Å²) in [6.45, 7) is 1.23. The zero-order valence-electron chi connectivity index (χ0n) is 17.4. The third kappa shape index (κ3) is 4.61. The van der Waals surface area contributed by atoms with Crippen molar-refractivity contribution in [2.45, 2.75) is 19.6 Å². The molecule has 0 fully saturated rings. The van der Waals surface area contributed by atoms with Gasteiger partial charge in [0, 0.05) is 41.7 Å². The van der Waals surface area contributed by atoms with Crippen LogP contribution in [0.5, 0.6) is 5.75 Å². The van der Waals surface area contributed by atoms with Crippen LogP contribution in [0.15, 0.2) is 66.7 Å². The number of fused-ring (bicyclic) bond motifs is 1. The van der Waals surface area contributed by atoms with Crippen LogP contribution < -0.4 is 10.1 Å². The molecule has 1 heterocycles. The molecule has 0 aliphatic rings. The van der Waals surface area contributed by atoms with Gasteiger partial charge in [-0.1, -0.05) is 35.9 Å². The minimum atomic E-state index is -1.02. The maximum absolute atomic E-state index is 13.4. The maximum Gasteiger partial charge on any atom is 0.352 e. The number of halogens is 2. The van der Waals surface area contributed by atoms with E-state index in [1.54, 1.807) is 23.8 Å². The Morgan fingerprint density at radius 2 is 1.72 bits per heavy atom. The molecule has 0 radical (unpaired) electrons. The lowest BCUT2D eigenvalue weighted by Crippen LogP contribution is -2.17. The molecule has 0 aliphatic carbocycles. The first kappa shape index (κ1) is 21.9. The highest BCUT2D eigenvalue weighted by atomic mass is 35.5. The molecule has 3 aromatic carbocycles. The van der Waals surface area contributed by atoms with Gasteiger partial charge >= 0.3 is 5.97 Å². The highest BCUT2D eigenvalue weighted by molar-refractivity contribution is 6.30. The number of carbonyl (C=O) groups is 1. The fraction of sp³-hybridized carbons (Fsp3) is 0.160. The van der Waals surface area contributed by atoms with Crippen molar-refractivity contribution >= 4 is 28.5 Å². The number of aromatic carboxylic acids is 1. The second kappa shape index (κ2) is 9.42. The number of carboxylic acids is 1. The van der Waals surface area contributed by atoms with Gasteiger partial charge in [0.25, 0.3) is 0 Å². The summed E-state index contributed by atoms with van der Waals surface area (Å²) in [4.78, 5) is 12.3. The van der Waals surface area contributed by atoms with Gasteiger partial charge in [0.05, 0.1) is 12.6 Å². The largest absolute Gasteiger partial charge is 0.497 e. The molecular weight excluding hydrogens is 431 g/mol. The Labute approximate surface area is 190 Å². The van der Waals surface area contributed by atoms with Crippen molar-refractivity contribution in [2.24, 2.45) is 0 Å². The SMILES string of the molecule is COc1ccc2c(CNCc3ccc(Cl)cc3)c(C(=O)O)n(Cc3ccc(F)cc3)c2c1. The van der Waals surface area contributed by atoms with Crippen LogP contribution in [-0.4, -0.2) is 22.8 Å². The summed E-state index contributed by atoms with van der Waals surface area (Å²) in [5.74, 6) is -0.725. The molecule has 0 aliphatic heterocycles. The topological polar surface area (TPSA) is 63.5 Å². The molecule has 5 nitrogen and oxygen atoms in total. The molecule has 164 valence electrons. The Balaban J connectivity index is 1.73. The lowest BCUT2D eigenvalue weighted by atomic mass is 10.1. The van der Waals surface area contributed by atoms with Gasteiger partial charge in [0.1, 0.15) is 17.3 Å². The van der Waals surface area contributed by atoms with Crippen LogP contribution in [0.2, 0.25) is 5.02 Å². The smallest absolute Gasteiger partial charge is 0.352 e. The molecule has 2 N–H and O–H groups in total. The van der Waals surface area contributed by atoms with Crippen molar-refractivity contribution in [1.29, 1.82) is 0 Å². The van der Waals surface area contributed by atoms with Crippen LogP contribution in [-0.2, 0) is 19.6 Å². The predicted molar refractivity (Wildman–Crippen MR) is 123 cm³/mol. The second-order valence-electron chi connectivity index (χ2n) is 7.46. The Kier molecular flexibility index (Phi) is 6.44. The highest BCUT2D eigenvalue weighted by Gasteiger charge is 2.23. The minimum absolute atomic E-state index is 0.196. The number of aromatic nitrogens is 1. The predicted octanol–water partition coefficient (Wildman–Crippen LogP) is 5.48. The molecule has 4 rings (SSSR count). The minimum Gasteiger partial charge on any atom is -0.497 e. The van der Waals surface area contributed by atoms with E-state index in [0.717, 1.165) is 22.0 Å². The molecule has 0 bridgehead atoms. The van der Waals surface area contributed by atoms with Crippen molar-refractivity contribution in [3.63, 3.8) is 0 Å². The Morgan fingerprint density at radius 1 is 1.03 bits per heavy atom. The number of carboxylic acid groups (broad SMARTS) is 1. The normalized spacial score (nSPS) is 11.1. The van der Waals surface area contributed by atoms with Gasteiger partial charge in [0.15, 0.2) is 0 Å². The number of hydrogen-bond acceptors (Lipinski definition) is 3. The van der Waals surface area contributed by atoms with Gasteiger partial charge in [-0.3, -0.25) is 0 Å². The van der Waals surface area contributed by atoms with Crippen LogP contribution >= 0.6 is 11.6 Å². The molecule has 0 unspecified atom stereocenters. The van der Waals surface area contributed by atoms with Gasteiger partial charge in [-0.15, -0.1) is 0 Å².